The fourth-order valence-corrected chi connectivity index (χ4v) is 4.77. The van der Waals surface area contributed by atoms with Gasteiger partial charge in [0.1, 0.15) is 18.5 Å². The van der Waals surface area contributed by atoms with Gasteiger partial charge in [0.05, 0.1) is 36.8 Å². The maximum Gasteiger partial charge on any atom is 0.224 e. The molecule has 0 saturated carbocycles. The Morgan fingerprint density at radius 1 is 1.23 bits per heavy atom. The number of benzene rings is 1. The van der Waals surface area contributed by atoms with E-state index in [1.165, 1.54) is 17.0 Å². The second-order valence-corrected chi connectivity index (χ2v) is 9.10. The molecule has 6 nitrogen and oxygen atoms in total. The molecule has 26 heavy (non-hydrogen) atoms. The number of piperazine rings is 1. The molecule has 2 aliphatic heterocycles. The number of nitrogens with one attached hydrogen (secondary N) is 1. The molecule has 2 aliphatic rings. The zero-order valence-electron chi connectivity index (χ0n) is 14.8. The molecule has 1 N–H and O–H groups in total. The fourth-order valence-electron chi connectivity index (χ4n) is 3.54. The minimum Gasteiger partial charge on any atom is -0.372 e. The first-order valence-electron chi connectivity index (χ1n) is 9.15. The molecule has 0 radical (unpaired) electrons. The molecule has 2 heterocycles. The zero-order chi connectivity index (χ0) is 18.6. The first-order chi connectivity index (χ1) is 12.4. The van der Waals surface area contributed by atoms with Crippen molar-refractivity contribution in [3.05, 3.63) is 30.1 Å². The number of carbonyl (C=O) groups excluding carboxylic acids is 1. The summed E-state index contributed by atoms with van der Waals surface area (Å²) in [7, 11) is -3.57. The minimum absolute atomic E-state index is 0.0409. The number of quaternary nitrogens is 1. The maximum absolute atomic E-state index is 12.9. The highest BCUT2D eigenvalue weighted by Gasteiger charge is 2.28. The van der Waals surface area contributed by atoms with Gasteiger partial charge in [-0.2, -0.15) is 0 Å². The topological polar surface area (TPSA) is 68.1 Å². The van der Waals surface area contributed by atoms with E-state index in [1.54, 1.807) is 4.90 Å². The van der Waals surface area contributed by atoms with Crippen LogP contribution in [0.25, 0.3) is 0 Å². The normalized spacial score (nSPS) is 21.9. The van der Waals surface area contributed by atoms with Gasteiger partial charge >= 0.3 is 0 Å². The first-order valence-corrected chi connectivity index (χ1v) is 10.8. The lowest BCUT2D eigenvalue weighted by Crippen LogP contribution is -3.15. The van der Waals surface area contributed by atoms with Crippen LogP contribution in [0.4, 0.5) is 4.39 Å². The van der Waals surface area contributed by atoms with E-state index in [9.17, 15) is 17.6 Å². The number of amides is 1. The van der Waals surface area contributed by atoms with Crippen molar-refractivity contribution in [1.29, 1.82) is 0 Å². The van der Waals surface area contributed by atoms with Crippen LogP contribution in [0, 0.1) is 5.82 Å². The van der Waals surface area contributed by atoms with Crippen molar-refractivity contribution in [2.45, 2.75) is 30.3 Å². The van der Waals surface area contributed by atoms with Crippen LogP contribution in [0.2, 0.25) is 0 Å². The molecule has 1 amide bonds. The number of carbonyl (C=O) groups is 1. The van der Waals surface area contributed by atoms with Crippen LogP contribution in [-0.2, 0) is 19.4 Å². The standard InChI is InChI=1S/C18H25FN2O4S/c19-15-3-5-17(6-4-15)26(23,24)13-7-18(22)21-10-8-20(9-11-21)14-16-2-1-12-25-16/h3-6,16H,1-2,7-14H2/p+1/t16-/m0/s1. The van der Waals surface area contributed by atoms with Crippen LogP contribution >= 0.6 is 0 Å². The second-order valence-electron chi connectivity index (χ2n) is 6.99. The van der Waals surface area contributed by atoms with Gasteiger partial charge in [-0.3, -0.25) is 4.79 Å². The predicted octanol–water partition coefficient (Wildman–Crippen LogP) is -0.104. The summed E-state index contributed by atoms with van der Waals surface area (Å²) in [5.74, 6) is -0.865. The van der Waals surface area contributed by atoms with Gasteiger partial charge in [0.15, 0.2) is 9.84 Å². The Balaban J connectivity index is 1.44. The monoisotopic (exact) mass is 385 g/mol. The Hall–Kier alpha value is -1.51. The van der Waals surface area contributed by atoms with Gasteiger partial charge < -0.3 is 14.5 Å². The van der Waals surface area contributed by atoms with E-state index in [2.05, 4.69) is 0 Å². The molecule has 0 aliphatic carbocycles. The molecule has 0 aromatic heterocycles. The van der Waals surface area contributed by atoms with Crippen LogP contribution in [0.1, 0.15) is 19.3 Å². The zero-order valence-corrected chi connectivity index (χ0v) is 15.6. The number of halogens is 1. The summed E-state index contributed by atoms with van der Waals surface area (Å²) >= 11 is 0. The lowest BCUT2D eigenvalue weighted by molar-refractivity contribution is -0.906. The van der Waals surface area contributed by atoms with Crippen LogP contribution in [-0.4, -0.2) is 70.4 Å². The SMILES string of the molecule is O=C(CCS(=O)(=O)c1ccc(F)cc1)N1CC[NH+](C[C@@H]2CCCO2)CC1. The van der Waals surface area contributed by atoms with E-state index in [1.807, 2.05) is 0 Å². The molecule has 3 rings (SSSR count). The summed E-state index contributed by atoms with van der Waals surface area (Å²) in [5.41, 5.74) is 0. The molecule has 1 atom stereocenters. The molecule has 1 aromatic carbocycles. The summed E-state index contributed by atoms with van der Waals surface area (Å²) < 4.78 is 43.1. The van der Waals surface area contributed by atoms with Crippen molar-refractivity contribution in [1.82, 2.24) is 4.90 Å². The Morgan fingerprint density at radius 2 is 1.92 bits per heavy atom. The van der Waals surface area contributed by atoms with Gasteiger partial charge in [-0.05, 0) is 37.1 Å². The number of hydrogen-bond donors (Lipinski definition) is 1. The smallest absolute Gasteiger partial charge is 0.224 e. The molecular weight excluding hydrogens is 359 g/mol. The predicted molar refractivity (Wildman–Crippen MR) is 94.2 cm³/mol. The number of rotatable bonds is 6. The van der Waals surface area contributed by atoms with E-state index in [0.29, 0.717) is 19.2 Å². The second kappa shape index (κ2) is 8.45. The van der Waals surface area contributed by atoms with Gasteiger partial charge in [-0.25, -0.2) is 12.8 Å². The maximum atomic E-state index is 12.9. The van der Waals surface area contributed by atoms with Gasteiger partial charge in [-0.15, -0.1) is 0 Å². The largest absolute Gasteiger partial charge is 0.372 e. The lowest BCUT2D eigenvalue weighted by atomic mass is 10.2. The van der Waals surface area contributed by atoms with Gasteiger partial charge in [0.25, 0.3) is 0 Å². The highest BCUT2D eigenvalue weighted by molar-refractivity contribution is 7.91. The summed E-state index contributed by atoms with van der Waals surface area (Å²) in [6.45, 7) is 4.88. The molecule has 0 spiro atoms. The fraction of sp³-hybridized carbons (Fsp3) is 0.611. The Bertz CT molecular complexity index is 709. The molecule has 0 unspecified atom stereocenters. The van der Waals surface area contributed by atoms with Crippen LogP contribution < -0.4 is 4.90 Å². The number of hydrogen-bond acceptors (Lipinski definition) is 4. The number of ether oxygens (including phenoxy) is 1. The third-order valence-electron chi connectivity index (χ3n) is 5.12. The number of nitrogens with zero attached hydrogens (tertiary/aromatic N) is 1. The van der Waals surface area contributed by atoms with Crippen molar-refractivity contribution < 1.29 is 27.2 Å². The molecular formula is C18H26FN2O4S+. The average molecular weight is 385 g/mol. The van der Waals surface area contributed by atoms with Crippen molar-refractivity contribution >= 4 is 15.7 Å². The van der Waals surface area contributed by atoms with Gasteiger partial charge in [0.2, 0.25) is 5.91 Å². The van der Waals surface area contributed by atoms with Crippen LogP contribution in [0.3, 0.4) is 0 Å². The Kier molecular flexibility index (Phi) is 6.26. The van der Waals surface area contributed by atoms with E-state index in [4.69, 9.17) is 4.74 Å². The third kappa shape index (κ3) is 5.02. The van der Waals surface area contributed by atoms with Crippen LogP contribution in [0.5, 0.6) is 0 Å². The highest BCUT2D eigenvalue weighted by Crippen LogP contribution is 2.13. The lowest BCUT2D eigenvalue weighted by Gasteiger charge is -2.33. The molecule has 144 valence electrons. The van der Waals surface area contributed by atoms with Crippen LogP contribution in [0.15, 0.2) is 29.2 Å². The van der Waals surface area contributed by atoms with Crippen molar-refractivity contribution in [3.63, 3.8) is 0 Å². The quantitative estimate of drug-likeness (QED) is 0.695. The van der Waals surface area contributed by atoms with E-state index in [0.717, 1.165) is 51.2 Å². The van der Waals surface area contributed by atoms with Gasteiger partial charge in [-0.1, -0.05) is 0 Å². The summed E-state index contributed by atoms with van der Waals surface area (Å²) in [4.78, 5) is 15.6. The van der Waals surface area contributed by atoms with Crippen molar-refractivity contribution in [2.24, 2.45) is 0 Å². The molecule has 0 bridgehead atoms. The molecule has 2 saturated heterocycles. The third-order valence-corrected chi connectivity index (χ3v) is 6.85. The summed E-state index contributed by atoms with van der Waals surface area (Å²) in [6, 6.07) is 4.71. The summed E-state index contributed by atoms with van der Waals surface area (Å²) in [6.07, 6.45) is 2.55. The minimum atomic E-state index is -3.57. The first kappa shape index (κ1) is 19.3. The van der Waals surface area contributed by atoms with E-state index in [-0.39, 0.29) is 23.0 Å². The van der Waals surface area contributed by atoms with Gasteiger partial charge in [0, 0.05) is 13.0 Å². The number of sulfone groups is 1. The Labute approximate surface area is 153 Å². The molecule has 8 heteroatoms. The Morgan fingerprint density at radius 3 is 2.54 bits per heavy atom. The molecule has 2 fully saturated rings. The average Bonchev–Trinajstić information content (AvgIpc) is 3.14. The highest BCUT2D eigenvalue weighted by atomic mass is 32.2. The van der Waals surface area contributed by atoms with E-state index < -0.39 is 15.7 Å². The van der Waals surface area contributed by atoms with Crippen molar-refractivity contribution in [2.75, 3.05) is 45.1 Å². The van der Waals surface area contributed by atoms with Crippen molar-refractivity contribution in [3.8, 4) is 0 Å². The summed E-state index contributed by atoms with van der Waals surface area (Å²) in [5, 5.41) is 0. The molecule has 1 aromatic rings. The van der Waals surface area contributed by atoms with E-state index >= 15 is 0 Å².